The standard InChI is InChI=1S/C10H16N2O2S/c1-5-14-8(13)10(2,3)7-6-15-9(11-4)12-7/h6H,5H2,1-4H3,(H,11,12). The van der Waals surface area contributed by atoms with Gasteiger partial charge in [0.15, 0.2) is 5.13 Å². The first-order valence-electron chi connectivity index (χ1n) is 4.83. The van der Waals surface area contributed by atoms with Gasteiger partial charge >= 0.3 is 5.97 Å². The van der Waals surface area contributed by atoms with E-state index in [4.69, 9.17) is 4.74 Å². The predicted octanol–water partition coefficient (Wildman–Crippen LogP) is 2.03. The maximum atomic E-state index is 11.7. The lowest BCUT2D eigenvalue weighted by atomic mass is 9.90. The quantitative estimate of drug-likeness (QED) is 0.801. The maximum Gasteiger partial charge on any atom is 0.317 e. The molecule has 0 atom stereocenters. The fourth-order valence-corrected chi connectivity index (χ4v) is 1.93. The molecule has 4 nitrogen and oxygen atoms in total. The second kappa shape index (κ2) is 4.61. The SMILES string of the molecule is CCOC(=O)C(C)(C)c1csc(NC)n1. The van der Waals surface area contributed by atoms with Crippen LogP contribution in [0.15, 0.2) is 5.38 Å². The summed E-state index contributed by atoms with van der Waals surface area (Å²) in [4.78, 5) is 16.0. The molecule has 0 amide bonds. The number of esters is 1. The molecular formula is C10H16N2O2S. The Balaban J connectivity index is 2.89. The Kier molecular flexibility index (Phi) is 3.68. The lowest BCUT2D eigenvalue weighted by molar-refractivity contribution is -0.148. The fourth-order valence-electron chi connectivity index (χ4n) is 1.09. The molecule has 0 saturated heterocycles. The van der Waals surface area contributed by atoms with Gasteiger partial charge in [-0.15, -0.1) is 11.3 Å². The number of anilines is 1. The minimum Gasteiger partial charge on any atom is -0.465 e. The van der Waals surface area contributed by atoms with Crippen molar-refractivity contribution in [2.24, 2.45) is 0 Å². The van der Waals surface area contributed by atoms with Gasteiger partial charge in [-0.25, -0.2) is 4.98 Å². The zero-order valence-electron chi connectivity index (χ0n) is 9.46. The van der Waals surface area contributed by atoms with Gasteiger partial charge in [0, 0.05) is 12.4 Å². The van der Waals surface area contributed by atoms with Crippen molar-refractivity contribution >= 4 is 22.4 Å². The second-order valence-electron chi connectivity index (χ2n) is 3.63. The van der Waals surface area contributed by atoms with Crippen LogP contribution in [0.25, 0.3) is 0 Å². The monoisotopic (exact) mass is 228 g/mol. The topological polar surface area (TPSA) is 51.2 Å². The molecule has 0 aliphatic carbocycles. The maximum absolute atomic E-state index is 11.7. The van der Waals surface area contributed by atoms with E-state index in [-0.39, 0.29) is 5.97 Å². The summed E-state index contributed by atoms with van der Waals surface area (Å²) in [7, 11) is 1.81. The minimum absolute atomic E-state index is 0.238. The Morgan fingerprint density at radius 3 is 2.80 bits per heavy atom. The summed E-state index contributed by atoms with van der Waals surface area (Å²) >= 11 is 1.48. The van der Waals surface area contributed by atoms with E-state index in [9.17, 15) is 4.79 Å². The van der Waals surface area contributed by atoms with E-state index in [0.717, 1.165) is 10.8 Å². The van der Waals surface area contributed by atoms with Crippen LogP contribution in [0.3, 0.4) is 0 Å². The molecule has 0 unspecified atom stereocenters. The molecule has 5 heteroatoms. The molecule has 1 rings (SSSR count). The molecule has 0 aliphatic heterocycles. The van der Waals surface area contributed by atoms with Crippen LogP contribution in [0.2, 0.25) is 0 Å². The van der Waals surface area contributed by atoms with Gasteiger partial charge in [-0.3, -0.25) is 4.79 Å². The number of ether oxygens (including phenoxy) is 1. The molecule has 1 N–H and O–H groups in total. The van der Waals surface area contributed by atoms with Crippen molar-refractivity contribution in [1.82, 2.24) is 4.98 Å². The van der Waals surface area contributed by atoms with Crippen LogP contribution in [-0.2, 0) is 14.9 Å². The molecule has 84 valence electrons. The average Bonchev–Trinajstić information content (AvgIpc) is 2.66. The van der Waals surface area contributed by atoms with Gasteiger partial charge in [0.1, 0.15) is 5.41 Å². The third-order valence-electron chi connectivity index (χ3n) is 2.14. The van der Waals surface area contributed by atoms with Crippen molar-refractivity contribution in [2.75, 3.05) is 19.0 Å². The van der Waals surface area contributed by atoms with Gasteiger partial charge in [0.05, 0.1) is 12.3 Å². The number of carbonyl (C=O) groups excluding carboxylic acids is 1. The van der Waals surface area contributed by atoms with E-state index in [2.05, 4.69) is 10.3 Å². The molecule has 0 radical (unpaired) electrons. The lowest BCUT2D eigenvalue weighted by Gasteiger charge is -2.19. The molecule has 15 heavy (non-hydrogen) atoms. The molecule has 1 heterocycles. The number of hydrogen-bond acceptors (Lipinski definition) is 5. The molecule has 1 aromatic heterocycles. The number of thiazole rings is 1. The molecular weight excluding hydrogens is 212 g/mol. The van der Waals surface area contributed by atoms with Gasteiger partial charge in [0.2, 0.25) is 0 Å². The number of aromatic nitrogens is 1. The normalized spacial score (nSPS) is 11.2. The molecule has 0 bridgehead atoms. The van der Waals surface area contributed by atoms with Crippen LogP contribution in [0.5, 0.6) is 0 Å². The number of hydrogen-bond donors (Lipinski definition) is 1. The van der Waals surface area contributed by atoms with E-state index in [1.807, 2.05) is 19.2 Å². The predicted molar refractivity (Wildman–Crippen MR) is 61.3 cm³/mol. The van der Waals surface area contributed by atoms with Crippen molar-refractivity contribution in [3.8, 4) is 0 Å². The summed E-state index contributed by atoms with van der Waals surface area (Å²) < 4.78 is 5.01. The Hall–Kier alpha value is -1.10. The van der Waals surface area contributed by atoms with Crippen LogP contribution < -0.4 is 5.32 Å². The molecule has 0 aliphatic rings. The smallest absolute Gasteiger partial charge is 0.317 e. The van der Waals surface area contributed by atoms with Gasteiger partial charge in [-0.1, -0.05) is 0 Å². The van der Waals surface area contributed by atoms with Gasteiger partial charge in [-0.05, 0) is 20.8 Å². The third kappa shape index (κ3) is 2.47. The highest BCUT2D eigenvalue weighted by Gasteiger charge is 2.33. The number of nitrogens with one attached hydrogen (secondary N) is 1. The second-order valence-corrected chi connectivity index (χ2v) is 4.49. The summed E-state index contributed by atoms with van der Waals surface area (Å²) in [6.45, 7) is 5.83. The number of nitrogens with zero attached hydrogens (tertiary/aromatic N) is 1. The summed E-state index contributed by atoms with van der Waals surface area (Å²) in [5, 5.41) is 5.63. The van der Waals surface area contributed by atoms with E-state index in [0.29, 0.717) is 6.61 Å². The highest BCUT2D eigenvalue weighted by molar-refractivity contribution is 7.13. The molecule has 0 saturated carbocycles. The van der Waals surface area contributed by atoms with E-state index in [1.54, 1.807) is 14.0 Å². The van der Waals surface area contributed by atoms with E-state index < -0.39 is 5.41 Å². The number of carbonyl (C=O) groups is 1. The third-order valence-corrected chi connectivity index (χ3v) is 3.00. The Labute approximate surface area is 93.7 Å². The average molecular weight is 228 g/mol. The summed E-state index contributed by atoms with van der Waals surface area (Å²) in [6.07, 6.45) is 0. The van der Waals surface area contributed by atoms with Crippen molar-refractivity contribution in [2.45, 2.75) is 26.2 Å². The van der Waals surface area contributed by atoms with Crippen LogP contribution in [-0.4, -0.2) is 24.6 Å². The first-order chi connectivity index (χ1) is 7.02. The highest BCUT2D eigenvalue weighted by atomic mass is 32.1. The van der Waals surface area contributed by atoms with Crippen LogP contribution in [0.4, 0.5) is 5.13 Å². The summed E-state index contributed by atoms with van der Waals surface area (Å²) in [5.74, 6) is -0.238. The van der Waals surface area contributed by atoms with Crippen LogP contribution >= 0.6 is 11.3 Å². The van der Waals surface area contributed by atoms with Crippen LogP contribution in [0, 0.1) is 0 Å². The minimum atomic E-state index is -0.679. The largest absolute Gasteiger partial charge is 0.465 e. The number of rotatable bonds is 4. The Morgan fingerprint density at radius 1 is 1.67 bits per heavy atom. The first kappa shape index (κ1) is 12.0. The molecule has 0 aromatic carbocycles. The lowest BCUT2D eigenvalue weighted by Crippen LogP contribution is -2.31. The van der Waals surface area contributed by atoms with Gasteiger partial charge in [0.25, 0.3) is 0 Å². The highest BCUT2D eigenvalue weighted by Crippen LogP contribution is 2.28. The summed E-state index contributed by atoms with van der Waals surface area (Å²) in [5.41, 5.74) is 0.0667. The molecule has 0 fully saturated rings. The fraction of sp³-hybridized carbons (Fsp3) is 0.600. The first-order valence-corrected chi connectivity index (χ1v) is 5.71. The van der Waals surface area contributed by atoms with Gasteiger partial charge < -0.3 is 10.1 Å². The molecule has 0 spiro atoms. The van der Waals surface area contributed by atoms with Crippen molar-refractivity contribution in [1.29, 1.82) is 0 Å². The van der Waals surface area contributed by atoms with E-state index in [1.165, 1.54) is 11.3 Å². The van der Waals surface area contributed by atoms with Crippen molar-refractivity contribution in [3.05, 3.63) is 11.1 Å². The van der Waals surface area contributed by atoms with Crippen molar-refractivity contribution in [3.63, 3.8) is 0 Å². The molecule has 1 aromatic rings. The Morgan fingerprint density at radius 2 is 2.33 bits per heavy atom. The van der Waals surface area contributed by atoms with Crippen LogP contribution in [0.1, 0.15) is 26.5 Å². The Bertz CT molecular complexity index is 347. The van der Waals surface area contributed by atoms with Gasteiger partial charge in [-0.2, -0.15) is 0 Å². The van der Waals surface area contributed by atoms with Crippen molar-refractivity contribution < 1.29 is 9.53 Å². The summed E-state index contributed by atoms with van der Waals surface area (Å²) in [6, 6.07) is 0. The zero-order valence-corrected chi connectivity index (χ0v) is 10.3. The zero-order chi connectivity index (χ0) is 11.5. The van der Waals surface area contributed by atoms with E-state index >= 15 is 0 Å².